The summed E-state index contributed by atoms with van der Waals surface area (Å²) < 4.78 is 18.7. The molecule has 1 amide bonds. The summed E-state index contributed by atoms with van der Waals surface area (Å²) in [4.78, 5) is 26.9. The molecule has 0 bridgehead atoms. The second-order valence-electron chi connectivity index (χ2n) is 5.26. The number of ether oxygens (including phenoxy) is 1. The molecule has 0 fully saturated rings. The summed E-state index contributed by atoms with van der Waals surface area (Å²) in [5.41, 5.74) is 0.541. The zero-order valence-corrected chi connectivity index (χ0v) is 15.3. The van der Waals surface area contributed by atoms with E-state index in [1.807, 2.05) is 0 Å². The van der Waals surface area contributed by atoms with Crippen LogP contribution in [0, 0.1) is 15.9 Å². The lowest BCUT2D eigenvalue weighted by molar-refractivity contribution is -0.384. The number of nitro benzene ring substituents is 1. The van der Waals surface area contributed by atoms with Crippen LogP contribution in [0.25, 0.3) is 11.3 Å². The van der Waals surface area contributed by atoms with Crippen molar-refractivity contribution in [3.8, 4) is 17.0 Å². The molecule has 1 heterocycles. The number of carbonyl (C=O) groups is 1. The van der Waals surface area contributed by atoms with E-state index in [2.05, 4.69) is 10.3 Å². The predicted octanol–water partition coefficient (Wildman–Crippen LogP) is 4.77. The van der Waals surface area contributed by atoms with Gasteiger partial charge in [0.15, 0.2) is 5.13 Å². The predicted molar refractivity (Wildman–Crippen MR) is 100 cm³/mol. The first-order chi connectivity index (χ1) is 12.9. The van der Waals surface area contributed by atoms with Crippen molar-refractivity contribution in [3.63, 3.8) is 0 Å². The van der Waals surface area contributed by atoms with Crippen LogP contribution < -0.4 is 10.1 Å². The number of carbonyl (C=O) groups excluding carboxylic acids is 1. The Morgan fingerprint density at radius 3 is 2.81 bits per heavy atom. The Bertz CT molecular complexity index is 1040. The highest BCUT2D eigenvalue weighted by molar-refractivity contribution is 7.14. The number of aromatic nitrogens is 1. The lowest BCUT2D eigenvalue weighted by Gasteiger charge is -2.06. The Kier molecular flexibility index (Phi) is 5.33. The van der Waals surface area contributed by atoms with E-state index in [9.17, 15) is 19.3 Å². The number of nitrogens with zero attached hydrogens (tertiary/aromatic N) is 2. The second kappa shape index (κ2) is 7.68. The highest BCUT2D eigenvalue weighted by Gasteiger charge is 2.18. The summed E-state index contributed by atoms with van der Waals surface area (Å²) in [6.07, 6.45) is 0. The molecule has 0 saturated carbocycles. The molecular formula is C17H11ClFN3O4S. The number of rotatable bonds is 5. The Hall–Kier alpha value is -3.04. The van der Waals surface area contributed by atoms with Crippen LogP contribution in [-0.2, 0) is 0 Å². The number of benzene rings is 2. The molecule has 0 aliphatic rings. The van der Waals surface area contributed by atoms with Crippen molar-refractivity contribution < 1.29 is 18.8 Å². The van der Waals surface area contributed by atoms with Crippen molar-refractivity contribution in [1.29, 1.82) is 0 Å². The summed E-state index contributed by atoms with van der Waals surface area (Å²) >= 11 is 7.07. The molecule has 1 N–H and O–H groups in total. The van der Waals surface area contributed by atoms with Crippen LogP contribution in [0.2, 0.25) is 5.02 Å². The Morgan fingerprint density at radius 2 is 2.11 bits per heavy atom. The first-order valence-electron chi connectivity index (χ1n) is 7.43. The van der Waals surface area contributed by atoms with Crippen LogP contribution in [0.3, 0.4) is 0 Å². The average Bonchev–Trinajstić information content (AvgIpc) is 3.10. The molecule has 138 valence electrons. The number of anilines is 1. The highest BCUT2D eigenvalue weighted by atomic mass is 35.5. The number of halogens is 2. The van der Waals surface area contributed by atoms with Crippen molar-refractivity contribution in [1.82, 2.24) is 4.98 Å². The zero-order valence-electron chi connectivity index (χ0n) is 13.7. The summed E-state index contributed by atoms with van der Waals surface area (Å²) in [7, 11) is 1.45. The van der Waals surface area contributed by atoms with E-state index in [4.69, 9.17) is 16.3 Å². The van der Waals surface area contributed by atoms with Gasteiger partial charge in [0.2, 0.25) is 0 Å². The molecule has 1 aromatic heterocycles. The third kappa shape index (κ3) is 4.04. The lowest BCUT2D eigenvalue weighted by atomic mass is 10.1. The first kappa shape index (κ1) is 18.7. The van der Waals surface area contributed by atoms with Crippen molar-refractivity contribution >= 4 is 39.7 Å². The van der Waals surface area contributed by atoms with Crippen LogP contribution in [-0.4, -0.2) is 22.9 Å². The lowest BCUT2D eigenvalue weighted by Crippen LogP contribution is -2.12. The highest BCUT2D eigenvalue weighted by Crippen LogP contribution is 2.33. The molecule has 0 saturated heterocycles. The van der Waals surface area contributed by atoms with E-state index in [1.54, 1.807) is 5.38 Å². The molecule has 7 nitrogen and oxygen atoms in total. The number of thiazole rings is 1. The Balaban J connectivity index is 1.87. The fraction of sp³-hybridized carbons (Fsp3) is 0.0588. The zero-order chi connectivity index (χ0) is 19.6. The minimum absolute atomic E-state index is 0.0500. The molecule has 10 heteroatoms. The molecule has 2 aromatic carbocycles. The number of methoxy groups -OCH3 is 1. The van der Waals surface area contributed by atoms with Crippen molar-refractivity contribution in [3.05, 3.63) is 68.3 Å². The van der Waals surface area contributed by atoms with Crippen LogP contribution in [0.4, 0.5) is 15.2 Å². The molecule has 0 spiro atoms. The van der Waals surface area contributed by atoms with Gasteiger partial charge in [-0.1, -0.05) is 11.6 Å². The van der Waals surface area contributed by atoms with E-state index < -0.39 is 16.6 Å². The number of hydrogen-bond donors (Lipinski definition) is 1. The monoisotopic (exact) mass is 407 g/mol. The molecule has 3 rings (SSSR count). The average molecular weight is 408 g/mol. The van der Waals surface area contributed by atoms with Gasteiger partial charge in [-0.25, -0.2) is 9.37 Å². The fourth-order valence-corrected chi connectivity index (χ4v) is 3.21. The molecule has 3 aromatic rings. The standard InChI is InChI=1S/C17H11ClFN3O4S/c1-26-15-5-2-9(19)6-12(15)14-8-27-17(20-14)21-16(23)11-7-10(22(24)25)3-4-13(11)18/h2-8H,1H3,(H,20,21,23). The largest absolute Gasteiger partial charge is 0.496 e. The van der Waals surface area contributed by atoms with Gasteiger partial charge in [0.25, 0.3) is 11.6 Å². The second-order valence-corrected chi connectivity index (χ2v) is 6.52. The molecule has 27 heavy (non-hydrogen) atoms. The maximum atomic E-state index is 13.5. The van der Waals surface area contributed by atoms with Crippen LogP contribution in [0.5, 0.6) is 5.75 Å². The van der Waals surface area contributed by atoms with E-state index in [0.717, 1.165) is 17.4 Å². The van der Waals surface area contributed by atoms with E-state index in [1.165, 1.54) is 37.4 Å². The normalized spacial score (nSPS) is 10.5. The molecular weight excluding hydrogens is 397 g/mol. The minimum atomic E-state index is -0.643. The van der Waals surface area contributed by atoms with Crippen molar-refractivity contribution in [2.24, 2.45) is 0 Å². The van der Waals surface area contributed by atoms with Gasteiger partial charge in [0.1, 0.15) is 11.6 Å². The van der Waals surface area contributed by atoms with Crippen LogP contribution in [0.15, 0.2) is 41.8 Å². The van der Waals surface area contributed by atoms with Crippen molar-refractivity contribution in [2.45, 2.75) is 0 Å². The van der Waals surface area contributed by atoms with Gasteiger partial charge in [0.05, 0.1) is 28.3 Å². The van der Waals surface area contributed by atoms with Gasteiger partial charge in [0, 0.05) is 23.1 Å². The molecule has 0 unspecified atom stereocenters. The van der Waals surface area contributed by atoms with E-state index in [0.29, 0.717) is 17.0 Å². The molecule has 0 atom stereocenters. The van der Waals surface area contributed by atoms with Crippen LogP contribution in [0.1, 0.15) is 10.4 Å². The summed E-state index contributed by atoms with van der Waals surface area (Å²) in [5, 5.41) is 15.3. The molecule has 0 aliphatic carbocycles. The number of nitro groups is 1. The number of amides is 1. The first-order valence-corrected chi connectivity index (χ1v) is 8.69. The topological polar surface area (TPSA) is 94.4 Å². The Morgan fingerprint density at radius 1 is 1.33 bits per heavy atom. The quantitative estimate of drug-likeness (QED) is 0.485. The SMILES string of the molecule is COc1ccc(F)cc1-c1csc(NC(=O)c2cc([N+](=O)[O-])ccc2Cl)n1. The fourth-order valence-electron chi connectivity index (χ4n) is 2.30. The summed E-state index contributed by atoms with van der Waals surface area (Å²) in [6.45, 7) is 0. The van der Waals surface area contributed by atoms with Gasteiger partial charge < -0.3 is 4.74 Å². The Labute approximate surface area is 161 Å². The third-order valence-electron chi connectivity index (χ3n) is 3.57. The molecule has 0 radical (unpaired) electrons. The summed E-state index contributed by atoms with van der Waals surface area (Å²) in [6, 6.07) is 7.59. The smallest absolute Gasteiger partial charge is 0.270 e. The van der Waals surface area contributed by atoms with Gasteiger partial charge in [-0.3, -0.25) is 20.2 Å². The summed E-state index contributed by atoms with van der Waals surface area (Å²) in [5.74, 6) is -0.662. The maximum Gasteiger partial charge on any atom is 0.270 e. The van der Waals surface area contributed by atoms with Crippen molar-refractivity contribution in [2.75, 3.05) is 12.4 Å². The van der Waals surface area contributed by atoms with Gasteiger partial charge in [-0.05, 0) is 24.3 Å². The number of hydrogen-bond acceptors (Lipinski definition) is 6. The number of nitrogens with one attached hydrogen (secondary N) is 1. The number of non-ortho nitro benzene ring substituents is 1. The van der Waals surface area contributed by atoms with Gasteiger partial charge in [-0.15, -0.1) is 11.3 Å². The molecule has 0 aliphatic heterocycles. The third-order valence-corrected chi connectivity index (χ3v) is 4.65. The van der Waals surface area contributed by atoms with Gasteiger partial charge in [-0.2, -0.15) is 0 Å². The van der Waals surface area contributed by atoms with Crippen LogP contribution >= 0.6 is 22.9 Å². The van der Waals surface area contributed by atoms with E-state index in [-0.39, 0.29) is 21.4 Å². The maximum absolute atomic E-state index is 13.5. The van der Waals surface area contributed by atoms with Gasteiger partial charge >= 0.3 is 0 Å². The van der Waals surface area contributed by atoms with E-state index >= 15 is 0 Å². The minimum Gasteiger partial charge on any atom is -0.496 e.